The second-order valence-corrected chi connectivity index (χ2v) is 18.1. The van der Waals surface area contributed by atoms with E-state index in [0.717, 1.165) is 86.4 Å². The molecule has 0 saturated heterocycles. The van der Waals surface area contributed by atoms with Gasteiger partial charge in [0.15, 0.2) is 0 Å². The van der Waals surface area contributed by atoms with Crippen molar-refractivity contribution in [2.24, 2.45) is 52.3 Å². The Morgan fingerprint density at radius 3 is 2.00 bits per heavy atom. The third kappa shape index (κ3) is 11.5. The van der Waals surface area contributed by atoms with Crippen molar-refractivity contribution in [2.45, 2.75) is 189 Å². The smallest absolute Gasteiger partial charge is 0.306 e. The third-order valence-corrected chi connectivity index (χ3v) is 14.3. The van der Waals surface area contributed by atoms with Gasteiger partial charge in [-0.05, 0) is 155 Å². The first-order valence-corrected chi connectivity index (χ1v) is 21.5. The van der Waals surface area contributed by atoms with Crippen molar-refractivity contribution in [1.82, 2.24) is 0 Å². The molecule has 2 unspecified atom stereocenters. The summed E-state index contributed by atoms with van der Waals surface area (Å²) in [5, 5.41) is 0. The molecular weight excluding hydrogens is 597 g/mol. The molecule has 0 aliphatic heterocycles. The summed E-state index contributed by atoms with van der Waals surface area (Å²) in [5.74, 6) is 6.20. The van der Waals surface area contributed by atoms with Crippen molar-refractivity contribution < 1.29 is 9.53 Å². The zero-order chi connectivity index (χ0) is 35.1. The van der Waals surface area contributed by atoms with Gasteiger partial charge in [0, 0.05) is 6.42 Å². The summed E-state index contributed by atoms with van der Waals surface area (Å²) in [7, 11) is 0. The van der Waals surface area contributed by atoms with Crippen LogP contribution < -0.4 is 0 Å². The van der Waals surface area contributed by atoms with E-state index < -0.39 is 0 Å². The Bertz CT molecular complexity index is 1080. The first-order chi connectivity index (χ1) is 23.7. The third-order valence-electron chi connectivity index (χ3n) is 14.3. The van der Waals surface area contributed by atoms with Crippen LogP contribution in [-0.2, 0) is 9.53 Å². The van der Waals surface area contributed by atoms with E-state index in [9.17, 15) is 4.79 Å². The molecular formula is C47H78O2. The van der Waals surface area contributed by atoms with Crippen LogP contribution in [0.25, 0.3) is 0 Å². The van der Waals surface area contributed by atoms with Gasteiger partial charge in [-0.15, -0.1) is 0 Å². The Morgan fingerprint density at radius 1 is 0.694 bits per heavy atom. The number of ether oxygens (including phenoxy) is 1. The molecule has 0 aromatic heterocycles. The minimum absolute atomic E-state index is 0.0334. The maximum Gasteiger partial charge on any atom is 0.306 e. The van der Waals surface area contributed by atoms with Crippen LogP contribution in [0.3, 0.4) is 0 Å². The molecule has 0 N–H and O–H groups in total. The molecule has 2 nitrogen and oxygen atoms in total. The number of fused-ring (bicyclic) bond motifs is 5. The fourth-order valence-electron chi connectivity index (χ4n) is 11.5. The van der Waals surface area contributed by atoms with Crippen LogP contribution in [0.5, 0.6) is 0 Å². The van der Waals surface area contributed by atoms with Crippen LogP contribution in [0, 0.1) is 52.3 Å². The fraction of sp³-hybridized carbons (Fsp3) is 0.809. The number of hydrogen-bond donors (Lipinski definition) is 0. The number of carbonyl (C=O) groups excluding carboxylic acids is 1. The van der Waals surface area contributed by atoms with Crippen molar-refractivity contribution in [3.8, 4) is 0 Å². The van der Waals surface area contributed by atoms with E-state index in [1.165, 1.54) is 89.9 Å². The van der Waals surface area contributed by atoms with Gasteiger partial charge in [0.1, 0.15) is 6.10 Å². The molecule has 0 amide bonds. The molecule has 9 atom stereocenters. The zero-order valence-electron chi connectivity index (χ0n) is 33.1. The Balaban J connectivity index is 1.11. The fourth-order valence-corrected chi connectivity index (χ4v) is 11.5. The van der Waals surface area contributed by atoms with E-state index in [2.05, 4.69) is 90.2 Å². The van der Waals surface area contributed by atoms with E-state index in [-0.39, 0.29) is 12.1 Å². The summed E-state index contributed by atoms with van der Waals surface area (Å²) in [4.78, 5) is 12.8. The average Bonchev–Trinajstić information content (AvgIpc) is 3.43. The minimum atomic E-state index is 0.0334. The van der Waals surface area contributed by atoms with Crippen molar-refractivity contribution >= 4 is 5.97 Å². The standard InChI is InChI=1S/C47H78O2/c1-7-8-9-10-11-12-13-14-15-16-17-18-19-20-21-22-23-27-45(48)49-40-32-34-46(5)39(36-40)28-29-41-43-31-30-42(38(4)26-24-25-37(2)3)47(43,6)35-33-44(41)46/h11-12,14-15,17-18,20-21,37-44H,7-10,13,16,19,22-36H2,1-6H3/t38-,39?,40?,41+,42-,43+,44+,46+,47-/m1/s1. The summed E-state index contributed by atoms with van der Waals surface area (Å²) in [6, 6.07) is 0. The van der Waals surface area contributed by atoms with Gasteiger partial charge in [0.05, 0.1) is 0 Å². The Hall–Kier alpha value is -1.57. The van der Waals surface area contributed by atoms with Gasteiger partial charge in [-0.2, -0.15) is 0 Å². The van der Waals surface area contributed by atoms with Crippen molar-refractivity contribution in [1.29, 1.82) is 0 Å². The maximum absolute atomic E-state index is 12.8. The van der Waals surface area contributed by atoms with Gasteiger partial charge >= 0.3 is 5.97 Å². The number of hydrogen-bond acceptors (Lipinski definition) is 2. The van der Waals surface area contributed by atoms with Crippen LogP contribution in [0.2, 0.25) is 0 Å². The van der Waals surface area contributed by atoms with Crippen molar-refractivity contribution in [3.05, 3.63) is 48.6 Å². The van der Waals surface area contributed by atoms with Gasteiger partial charge in [0.25, 0.3) is 0 Å². The summed E-state index contributed by atoms with van der Waals surface area (Å²) in [6.07, 6.45) is 45.2. The molecule has 4 aliphatic rings. The second kappa shape index (κ2) is 20.5. The number of unbranched alkanes of at least 4 members (excludes halogenated alkanes) is 4. The average molecular weight is 675 g/mol. The lowest BCUT2D eigenvalue weighted by Crippen LogP contribution is -2.54. The summed E-state index contributed by atoms with van der Waals surface area (Å²) in [5.41, 5.74) is 1.02. The van der Waals surface area contributed by atoms with Crippen molar-refractivity contribution in [3.63, 3.8) is 0 Å². The molecule has 4 saturated carbocycles. The maximum atomic E-state index is 12.8. The molecule has 0 aromatic carbocycles. The van der Waals surface area contributed by atoms with Crippen molar-refractivity contribution in [2.75, 3.05) is 0 Å². The highest BCUT2D eigenvalue weighted by Crippen LogP contribution is 2.68. The van der Waals surface area contributed by atoms with E-state index in [4.69, 9.17) is 4.74 Å². The van der Waals surface area contributed by atoms with Gasteiger partial charge < -0.3 is 4.74 Å². The van der Waals surface area contributed by atoms with Crippen LogP contribution in [0.15, 0.2) is 48.6 Å². The molecule has 4 fully saturated rings. The summed E-state index contributed by atoms with van der Waals surface area (Å²) >= 11 is 0. The molecule has 4 rings (SSSR count). The lowest BCUT2D eigenvalue weighted by Gasteiger charge is -2.61. The first kappa shape index (κ1) is 40.2. The van der Waals surface area contributed by atoms with E-state index in [1.54, 1.807) is 0 Å². The predicted octanol–water partition coefficient (Wildman–Crippen LogP) is 14.2. The Kier molecular flexibility index (Phi) is 16.8. The highest BCUT2D eigenvalue weighted by atomic mass is 16.5. The molecule has 4 aliphatic carbocycles. The van der Waals surface area contributed by atoms with Gasteiger partial charge in [-0.25, -0.2) is 0 Å². The molecule has 0 spiro atoms. The number of rotatable bonds is 20. The van der Waals surface area contributed by atoms with Crippen LogP contribution in [0.4, 0.5) is 0 Å². The highest BCUT2D eigenvalue weighted by molar-refractivity contribution is 5.69. The summed E-state index contributed by atoms with van der Waals surface area (Å²) in [6.45, 7) is 15.0. The molecule has 0 bridgehead atoms. The van der Waals surface area contributed by atoms with Gasteiger partial charge in [-0.3, -0.25) is 4.79 Å². The quantitative estimate of drug-likeness (QED) is 0.0730. The normalized spacial score (nSPS) is 33.9. The molecule has 278 valence electrons. The monoisotopic (exact) mass is 675 g/mol. The zero-order valence-corrected chi connectivity index (χ0v) is 33.1. The summed E-state index contributed by atoms with van der Waals surface area (Å²) < 4.78 is 6.14. The number of esters is 1. The van der Waals surface area contributed by atoms with E-state index >= 15 is 0 Å². The van der Waals surface area contributed by atoms with E-state index in [0.29, 0.717) is 17.3 Å². The largest absolute Gasteiger partial charge is 0.462 e. The number of allylic oxidation sites excluding steroid dienone is 8. The Morgan fingerprint density at radius 2 is 1.33 bits per heavy atom. The SMILES string of the molecule is CCCCCC=CCC=CCC=CCC=CCCCC(=O)OC1CC[C@@]2(C)C(CC[C@H]3[C@@H]4CC[C@H]([C@H](C)CCCC(C)C)[C@@]4(C)CC[C@@H]32)C1. The van der Waals surface area contributed by atoms with Crippen LogP contribution in [-0.4, -0.2) is 12.1 Å². The lowest BCUT2D eigenvalue weighted by molar-refractivity contribution is -0.162. The number of carbonyl (C=O) groups is 1. The van der Waals surface area contributed by atoms with Crippen LogP contribution >= 0.6 is 0 Å². The first-order valence-electron chi connectivity index (χ1n) is 21.5. The van der Waals surface area contributed by atoms with Crippen LogP contribution in [0.1, 0.15) is 183 Å². The molecule has 2 heteroatoms. The lowest BCUT2D eigenvalue weighted by atomic mass is 9.44. The molecule has 0 radical (unpaired) electrons. The molecule has 49 heavy (non-hydrogen) atoms. The molecule has 0 heterocycles. The highest BCUT2D eigenvalue weighted by Gasteiger charge is 2.60. The second-order valence-electron chi connectivity index (χ2n) is 18.1. The molecule has 0 aromatic rings. The predicted molar refractivity (Wildman–Crippen MR) is 211 cm³/mol. The van der Waals surface area contributed by atoms with Gasteiger partial charge in [-0.1, -0.05) is 122 Å². The van der Waals surface area contributed by atoms with E-state index in [1.807, 2.05) is 0 Å². The van der Waals surface area contributed by atoms with Gasteiger partial charge in [0.2, 0.25) is 0 Å². The topological polar surface area (TPSA) is 26.3 Å². The Labute approximate surface area is 304 Å². The minimum Gasteiger partial charge on any atom is -0.462 e.